The van der Waals surface area contributed by atoms with Crippen LogP contribution in [0.4, 0.5) is 10.8 Å². The third-order valence-corrected chi connectivity index (χ3v) is 2.40. The predicted octanol–water partition coefficient (Wildman–Crippen LogP) is 1.44. The van der Waals surface area contributed by atoms with Crippen molar-refractivity contribution in [2.45, 2.75) is 13.3 Å². The summed E-state index contributed by atoms with van der Waals surface area (Å²) in [6, 6.07) is 2.06. The molecule has 13 heavy (non-hydrogen) atoms. The molecule has 2 N–H and O–H groups in total. The zero-order chi connectivity index (χ0) is 9.84. The van der Waals surface area contributed by atoms with Crippen molar-refractivity contribution in [3.8, 4) is 6.07 Å². The number of hydrogen-bond acceptors (Lipinski definition) is 5. The van der Waals surface area contributed by atoms with E-state index < -0.39 is 0 Å². The summed E-state index contributed by atoms with van der Waals surface area (Å²) < 4.78 is 4.13. The van der Waals surface area contributed by atoms with Crippen LogP contribution < -0.4 is 10.6 Å². The Hall–Kier alpha value is -1.28. The Balaban J connectivity index is 2.95. The highest BCUT2D eigenvalue weighted by atomic mass is 32.1. The van der Waals surface area contributed by atoms with E-state index in [1.807, 2.05) is 11.9 Å². The van der Waals surface area contributed by atoms with E-state index in [1.165, 1.54) is 11.5 Å². The lowest BCUT2D eigenvalue weighted by molar-refractivity contribution is 0.843. The van der Waals surface area contributed by atoms with Crippen molar-refractivity contribution in [1.82, 2.24) is 4.37 Å². The molecule has 0 saturated heterocycles. The van der Waals surface area contributed by atoms with Gasteiger partial charge >= 0.3 is 0 Å². The summed E-state index contributed by atoms with van der Waals surface area (Å²) in [5.74, 6) is 0.701. The monoisotopic (exact) mass is 196 g/mol. The Bertz CT molecular complexity index is 325. The van der Waals surface area contributed by atoms with Crippen molar-refractivity contribution in [3.63, 3.8) is 0 Å². The first kappa shape index (κ1) is 9.81. The molecule has 0 bridgehead atoms. The number of anilines is 2. The average molecular weight is 196 g/mol. The van der Waals surface area contributed by atoms with Gasteiger partial charge in [-0.3, -0.25) is 0 Å². The van der Waals surface area contributed by atoms with Gasteiger partial charge in [-0.15, -0.1) is 0 Å². The molecule has 0 atom stereocenters. The smallest absolute Gasteiger partial charge is 0.162 e. The van der Waals surface area contributed by atoms with Gasteiger partial charge in [0.25, 0.3) is 0 Å². The number of aromatic nitrogens is 1. The van der Waals surface area contributed by atoms with E-state index in [2.05, 4.69) is 17.4 Å². The Labute approximate surface area is 81.7 Å². The summed E-state index contributed by atoms with van der Waals surface area (Å²) in [7, 11) is 1.92. The first-order chi connectivity index (χ1) is 6.20. The molecule has 0 amide bonds. The molecule has 1 aromatic heterocycles. The molecular weight excluding hydrogens is 184 g/mol. The first-order valence-electron chi connectivity index (χ1n) is 4.07. The van der Waals surface area contributed by atoms with Gasteiger partial charge in [-0.25, -0.2) is 0 Å². The Morgan fingerprint density at radius 1 is 1.69 bits per heavy atom. The van der Waals surface area contributed by atoms with Crippen LogP contribution >= 0.6 is 11.5 Å². The van der Waals surface area contributed by atoms with Crippen molar-refractivity contribution in [2.75, 3.05) is 24.2 Å². The number of nitrogen functional groups attached to an aromatic ring is 1. The van der Waals surface area contributed by atoms with Crippen LogP contribution in [0.25, 0.3) is 0 Å². The second kappa shape index (κ2) is 4.10. The summed E-state index contributed by atoms with van der Waals surface area (Å²) >= 11 is 1.17. The number of nitrogens with zero attached hydrogens (tertiary/aromatic N) is 3. The van der Waals surface area contributed by atoms with Gasteiger partial charge in [0.05, 0.1) is 0 Å². The van der Waals surface area contributed by atoms with Gasteiger partial charge in [0.1, 0.15) is 16.6 Å². The fraction of sp³-hybridized carbons (Fsp3) is 0.500. The normalized spacial score (nSPS) is 9.62. The molecule has 1 heterocycles. The summed E-state index contributed by atoms with van der Waals surface area (Å²) in [4.78, 5) is 1.95. The average Bonchev–Trinajstić information content (AvgIpc) is 2.47. The molecule has 0 aromatic carbocycles. The second-order valence-electron chi connectivity index (χ2n) is 2.78. The zero-order valence-corrected chi connectivity index (χ0v) is 8.56. The molecule has 0 unspecified atom stereocenters. The van der Waals surface area contributed by atoms with E-state index in [1.54, 1.807) is 0 Å². The highest BCUT2D eigenvalue weighted by Crippen LogP contribution is 2.26. The van der Waals surface area contributed by atoms with Crippen LogP contribution in [0.1, 0.15) is 18.9 Å². The maximum atomic E-state index is 8.82. The van der Waals surface area contributed by atoms with Crippen molar-refractivity contribution in [3.05, 3.63) is 5.56 Å². The molecule has 0 radical (unpaired) electrons. The lowest BCUT2D eigenvalue weighted by atomic mass is 10.3. The van der Waals surface area contributed by atoms with Gasteiger partial charge in [0, 0.05) is 13.6 Å². The number of hydrogen-bond donors (Lipinski definition) is 1. The summed E-state index contributed by atoms with van der Waals surface area (Å²) in [6.45, 7) is 2.97. The molecule has 0 saturated carbocycles. The Morgan fingerprint density at radius 3 is 2.92 bits per heavy atom. The van der Waals surface area contributed by atoms with Crippen LogP contribution in [0.3, 0.4) is 0 Å². The zero-order valence-electron chi connectivity index (χ0n) is 7.74. The quantitative estimate of drug-likeness (QED) is 0.794. The highest BCUT2D eigenvalue weighted by Gasteiger charge is 2.13. The lowest BCUT2D eigenvalue weighted by Gasteiger charge is -2.14. The van der Waals surface area contributed by atoms with E-state index in [-0.39, 0.29) is 0 Å². The van der Waals surface area contributed by atoms with E-state index >= 15 is 0 Å². The van der Waals surface area contributed by atoms with Crippen molar-refractivity contribution in [2.24, 2.45) is 0 Å². The molecule has 0 aliphatic heterocycles. The van der Waals surface area contributed by atoms with E-state index in [4.69, 9.17) is 11.0 Å². The van der Waals surface area contributed by atoms with Crippen LogP contribution in [-0.4, -0.2) is 18.0 Å². The minimum absolute atomic E-state index is 0.500. The number of nitrogens with two attached hydrogens (primary N) is 1. The van der Waals surface area contributed by atoms with Crippen molar-refractivity contribution in [1.29, 1.82) is 5.26 Å². The third kappa shape index (κ3) is 1.90. The highest BCUT2D eigenvalue weighted by molar-refractivity contribution is 7.10. The minimum Gasteiger partial charge on any atom is -0.388 e. The van der Waals surface area contributed by atoms with E-state index in [0.29, 0.717) is 16.4 Å². The molecule has 1 rings (SSSR count). The van der Waals surface area contributed by atoms with Crippen LogP contribution in [0.5, 0.6) is 0 Å². The van der Waals surface area contributed by atoms with Crippen molar-refractivity contribution >= 4 is 22.4 Å². The van der Waals surface area contributed by atoms with Crippen LogP contribution in [-0.2, 0) is 0 Å². The van der Waals surface area contributed by atoms with Gasteiger partial charge in [0.15, 0.2) is 5.82 Å². The van der Waals surface area contributed by atoms with Crippen molar-refractivity contribution < 1.29 is 0 Å². The maximum Gasteiger partial charge on any atom is 0.162 e. The van der Waals surface area contributed by atoms with Gasteiger partial charge in [-0.1, -0.05) is 6.92 Å². The second-order valence-corrected chi connectivity index (χ2v) is 3.58. The van der Waals surface area contributed by atoms with Crippen LogP contribution in [0, 0.1) is 11.3 Å². The van der Waals surface area contributed by atoms with Gasteiger partial charge in [0.2, 0.25) is 0 Å². The molecule has 0 aliphatic rings. The Morgan fingerprint density at radius 2 is 2.38 bits per heavy atom. The number of nitriles is 1. The fourth-order valence-corrected chi connectivity index (χ4v) is 1.74. The standard InChI is InChI=1S/C8H12N4S/c1-3-4-12(2)8-6(5-9)7(10)13-11-8/h3-4,10H2,1-2H3. The molecule has 0 fully saturated rings. The van der Waals surface area contributed by atoms with Gasteiger partial charge < -0.3 is 10.6 Å². The van der Waals surface area contributed by atoms with E-state index in [0.717, 1.165) is 13.0 Å². The largest absolute Gasteiger partial charge is 0.388 e. The summed E-state index contributed by atoms with van der Waals surface area (Å²) in [5.41, 5.74) is 6.09. The third-order valence-electron chi connectivity index (χ3n) is 1.73. The molecular formula is C8H12N4S. The summed E-state index contributed by atoms with van der Waals surface area (Å²) in [5, 5.41) is 9.32. The van der Waals surface area contributed by atoms with Crippen LogP contribution in [0.2, 0.25) is 0 Å². The lowest BCUT2D eigenvalue weighted by Crippen LogP contribution is -2.18. The fourth-order valence-electron chi connectivity index (χ4n) is 1.10. The molecule has 5 heteroatoms. The molecule has 0 aliphatic carbocycles. The van der Waals surface area contributed by atoms with Gasteiger partial charge in [-0.2, -0.15) is 9.64 Å². The molecule has 0 spiro atoms. The first-order valence-corrected chi connectivity index (χ1v) is 4.84. The van der Waals surface area contributed by atoms with Gasteiger partial charge in [-0.05, 0) is 18.0 Å². The van der Waals surface area contributed by atoms with Crippen LogP contribution in [0.15, 0.2) is 0 Å². The Kier molecular flexibility index (Phi) is 3.09. The molecule has 1 aromatic rings. The molecule has 4 nitrogen and oxygen atoms in total. The summed E-state index contributed by atoms with van der Waals surface area (Å²) in [6.07, 6.45) is 1.03. The predicted molar refractivity (Wildman–Crippen MR) is 54.8 cm³/mol. The topological polar surface area (TPSA) is 65.9 Å². The number of rotatable bonds is 3. The maximum absolute atomic E-state index is 8.82. The molecule has 70 valence electrons. The minimum atomic E-state index is 0.500. The SMILES string of the molecule is CCCN(C)c1nsc(N)c1C#N. The van der Waals surface area contributed by atoms with E-state index in [9.17, 15) is 0 Å².